The fraction of sp³-hybridized carbons (Fsp3) is 0. The van der Waals surface area contributed by atoms with Crippen molar-refractivity contribution in [2.24, 2.45) is 0 Å². The van der Waals surface area contributed by atoms with E-state index in [-0.39, 0.29) is 4.45 Å². The van der Waals surface area contributed by atoms with Crippen molar-refractivity contribution in [2.45, 2.75) is 0 Å². The zero-order valence-electron chi connectivity index (χ0n) is 2.54. The predicted octanol–water partition coefficient (Wildman–Crippen LogP) is 2.80. The van der Waals surface area contributed by atoms with E-state index in [2.05, 4.69) is 0 Å². The molecule has 0 saturated carbocycles. The van der Waals surface area contributed by atoms with Gasteiger partial charge in [0.05, 0.1) is 0 Å². The van der Waals surface area contributed by atoms with Gasteiger partial charge in [-0.2, -0.15) is 0 Å². The maximum absolute atomic E-state index is 10.1. The molecule has 1 aliphatic rings. The topological polar surface area (TPSA) is 17.1 Å². The zero-order chi connectivity index (χ0) is 4.41. The Hall–Kier alpha value is 1.07. The summed E-state index contributed by atoms with van der Waals surface area (Å²) in [5, 5.41) is 0. The average molecular weight is 156 g/mol. The van der Waals surface area contributed by atoms with E-state index in [9.17, 15) is 4.79 Å². The second-order valence-corrected chi connectivity index (χ2v) is 6.42. The lowest BCUT2D eigenvalue weighted by Crippen LogP contribution is -1.57. The van der Waals surface area contributed by atoms with Crippen LogP contribution in [0, 0.1) is 0 Å². The summed E-state index contributed by atoms with van der Waals surface area (Å²) < 4.78 is 0.213. The first-order valence-corrected chi connectivity index (χ1v) is 5.93. The zero-order valence-corrected chi connectivity index (χ0v) is 5.81. The van der Waals surface area contributed by atoms with Crippen LogP contribution in [0.1, 0.15) is 0 Å². The van der Waals surface area contributed by atoms with Crippen molar-refractivity contribution in [2.75, 3.05) is 0 Å². The monoisotopic (exact) mass is 156 g/mol. The summed E-state index contributed by atoms with van der Waals surface area (Å²) in [5.41, 5.74) is 0. The molecule has 34 valence electrons. The highest BCUT2D eigenvalue weighted by Crippen LogP contribution is 2.54. The van der Waals surface area contributed by atoms with Gasteiger partial charge >= 0.3 is 0 Å². The molecule has 0 unspecified atom stereocenters. The van der Waals surface area contributed by atoms with E-state index in [0.29, 0.717) is 0 Å². The van der Waals surface area contributed by atoms with E-state index in [4.69, 9.17) is 0 Å². The van der Waals surface area contributed by atoms with Crippen molar-refractivity contribution < 1.29 is 4.79 Å². The maximum Gasteiger partial charge on any atom is 0.268 e. The normalized spacial score (nSPS) is 22.3. The molecule has 0 spiro atoms. The van der Waals surface area contributed by atoms with Crippen LogP contribution in [0.2, 0.25) is 0 Å². The molecule has 0 radical (unpaired) electrons. The Morgan fingerprint density at radius 2 is 1.67 bits per heavy atom. The number of carbonyl (C=O) groups excluding carboxylic acids is 1. The van der Waals surface area contributed by atoms with Crippen molar-refractivity contribution in [3.05, 3.63) is 0 Å². The fourth-order valence-electron chi connectivity index (χ4n) is 0.0972. The second kappa shape index (κ2) is 2.40. The molecule has 1 aliphatic heterocycles. The van der Waals surface area contributed by atoms with Gasteiger partial charge in [-0.15, -0.1) is 0 Å². The first-order chi connectivity index (χ1) is 2.89. The highest BCUT2D eigenvalue weighted by molar-refractivity contribution is 9.36. The van der Waals surface area contributed by atoms with Crippen molar-refractivity contribution in [1.82, 2.24) is 0 Å². The molecule has 0 aromatic rings. The Morgan fingerprint density at radius 1 is 1.17 bits per heavy atom. The Labute approximate surface area is 50.6 Å². The van der Waals surface area contributed by atoms with E-state index in [0.717, 1.165) is 0 Å². The average Bonchev–Trinajstić information content (AvgIpc) is 1.86. The molecule has 0 aliphatic carbocycles. The van der Waals surface area contributed by atoms with Crippen LogP contribution in [-0.2, 0) is 0 Å². The van der Waals surface area contributed by atoms with Crippen LogP contribution in [0.3, 0.4) is 0 Å². The first-order valence-electron chi connectivity index (χ1n) is 1.11. The van der Waals surface area contributed by atoms with Gasteiger partial charge in [0.15, 0.2) is 0 Å². The molecule has 0 bridgehead atoms. The molecule has 1 heterocycles. The summed E-state index contributed by atoms with van der Waals surface area (Å²) in [7, 11) is 5.66. The molecular weight excluding hydrogens is 156 g/mol. The van der Waals surface area contributed by atoms with Crippen molar-refractivity contribution in [3.8, 4) is 0 Å². The minimum atomic E-state index is 0.213. The van der Waals surface area contributed by atoms with E-state index >= 15 is 0 Å². The lowest BCUT2D eigenvalue weighted by molar-refractivity contribution is 0.277. The van der Waals surface area contributed by atoms with Gasteiger partial charge in [0, 0.05) is 21.6 Å². The highest BCUT2D eigenvalue weighted by atomic mass is 33.7. The predicted molar refractivity (Wildman–Crippen MR) is 35.8 cm³/mol. The number of rotatable bonds is 0. The molecule has 1 saturated heterocycles. The lowest BCUT2D eigenvalue weighted by Gasteiger charge is -1.65. The Bertz CT molecular complexity index is 61.9. The summed E-state index contributed by atoms with van der Waals surface area (Å²) in [6, 6.07) is 0. The Kier molecular flexibility index (Phi) is 2.08. The van der Waals surface area contributed by atoms with Gasteiger partial charge in [0.1, 0.15) is 0 Å². The smallest absolute Gasteiger partial charge is 0.268 e. The molecule has 1 nitrogen and oxygen atoms in total. The summed E-state index contributed by atoms with van der Waals surface area (Å²) in [4.78, 5) is 10.1. The van der Waals surface area contributed by atoms with Gasteiger partial charge in [-0.1, -0.05) is 0 Å². The van der Waals surface area contributed by atoms with Crippen LogP contribution >= 0.6 is 41.2 Å². The third-order valence-corrected chi connectivity index (χ3v) is 6.54. The van der Waals surface area contributed by atoms with Crippen LogP contribution < -0.4 is 0 Å². The highest BCUT2D eigenvalue weighted by Gasteiger charge is 2.12. The summed E-state index contributed by atoms with van der Waals surface area (Å²) >= 11 is 0. The van der Waals surface area contributed by atoms with Crippen LogP contribution in [0.25, 0.3) is 0 Å². The molecule has 0 amide bonds. The molecular formula is COS4. The summed E-state index contributed by atoms with van der Waals surface area (Å²) in [5.74, 6) is 0. The van der Waals surface area contributed by atoms with Crippen LogP contribution in [-0.4, -0.2) is 4.45 Å². The van der Waals surface area contributed by atoms with Crippen molar-refractivity contribution >= 4 is 45.7 Å². The SMILES string of the molecule is O=C1SSSS1. The van der Waals surface area contributed by atoms with E-state index in [1.54, 1.807) is 0 Å². The fourth-order valence-corrected chi connectivity index (χ4v) is 6.37. The largest absolute Gasteiger partial charge is 0.272 e. The van der Waals surface area contributed by atoms with E-state index < -0.39 is 0 Å². The lowest BCUT2D eigenvalue weighted by atomic mass is 11.8. The van der Waals surface area contributed by atoms with Crippen molar-refractivity contribution in [3.63, 3.8) is 0 Å². The number of carbonyl (C=O) groups is 1. The molecule has 0 aromatic carbocycles. The minimum Gasteiger partial charge on any atom is -0.272 e. The first kappa shape index (κ1) is 5.21. The molecule has 0 atom stereocenters. The third kappa shape index (κ3) is 1.29. The van der Waals surface area contributed by atoms with Crippen molar-refractivity contribution in [1.29, 1.82) is 0 Å². The maximum atomic E-state index is 10.1. The van der Waals surface area contributed by atoms with Crippen LogP contribution in [0.5, 0.6) is 0 Å². The molecule has 5 heteroatoms. The van der Waals surface area contributed by atoms with Gasteiger partial charge in [-0.3, -0.25) is 4.79 Å². The number of hydrogen-bond donors (Lipinski definition) is 0. The van der Waals surface area contributed by atoms with E-state index in [1.807, 2.05) is 0 Å². The van der Waals surface area contributed by atoms with Gasteiger partial charge in [-0.05, 0) is 19.7 Å². The van der Waals surface area contributed by atoms with Gasteiger partial charge in [0.25, 0.3) is 4.45 Å². The van der Waals surface area contributed by atoms with Crippen LogP contribution in [0.4, 0.5) is 4.79 Å². The number of hydrogen-bond acceptors (Lipinski definition) is 5. The molecule has 6 heavy (non-hydrogen) atoms. The second-order valence-electron chi connectivity index (χ2n) is 0.553. The third-order valence-electron chi connectivity index (χ3n) is 0.232. The van der Waals surface area contributed by atoms with Gasteiger partial charge in [0.2, 0.25) is 0 Å². The standard InChI is InChI=1S/COS4/c2-1-3-5-6-4-1. The minimum absolute atomic E-state index is 0.213. The molecule has 1 rings (SSSR count). The van der Waals surface area contributed by atoms with Gasteiger partial charge < -0.3 is 0 Å². The van der Waals surface area contributed by atoms with E-state index in [1.165, 1.54) is 41.2 Å². The molecule has 0 aromatic heterocycles. The summed E-state index contributed by atoms with van der Waals surface area (Å²) in [6.45, 7) is 0. The quantitative estimate of drug-likeness (QED) is 0.500. The molecule has 0 N–H and O–H groups in total. The molecule has 1 fully saturated rings. The van der Waals surface area contributed by atoms with Crippen LogP contribution in [0.15, 0.2) is 0 Å². The Morgan fingerprint density at radius 3 is 1.83 bits per heavy atom. The Balaban J connectivity index is 2.37. The summed E-state index contributed by atoms with van der Waals surface area (Å²) in [6.07, 6.45) is 0. The van der Waals surface area contributed by atoms with Gasteiger partial charge in [-0.25, -0.2) is 0 Å².